The van der Waals surface area contributed by atoms with Crippen molar-refractivity contribution < 1.29 is 19.0 Å². The summed E-state index contributed by atoms with van der Waals surface area (Å²) in [5.41, 5.74) is 0.795. The van der Waals surface area contributed by atoms with Gasteiger partial charge in [0.2, 0.25) is 0 Å². The summed E-state index contributed by atoms with van der Waals surface area (Å²) in [6.45, 7) is 5.01. The van der Waals surface area contributed by atoms with Crippen molar-refractivity contribution in [3.63, 3.8) is 0 Å². The van der Waals surface area contributed by atoms with Gasteiger partial charge >= 0.3 is 5.97 Å². The number of ether oxygens (including phenoxy) is 3. The SMILES string of the molecule is COCOC1COC(=O)/C1=C/CC(C)(C)C1SCCCS1. The molecule has 0 aliphatic carbocycles. The summed E-state index contributed by atoms with van der Waals surface area (Å²) in [4.78, 5) is 11.8. The second kappa shape index (κ2) is 7.90. The molecule has 0 radical (unpaired) electrons. The molecule has 0 N–H and O–H groups in total. The predicted molar refractivity (Wildman–Crippen MR) is 87.5 cm³/mol. The highest BCUT2D eigenvalue weighted by molar-refractivity contribution is 8.17. The molecule has 2 fully saturated rings. The van der Waals surface area contributed by atoms with Crippen molar-refractivity contribution in [2.24, 2.45) is 5.41 Å². The molecule has 1 atom stereocenters. The maximum Gasteiger partial charge on any atom is 0.336 e. The zero-order valence-corrected chi connectivity index (χ0v) is 14.6. The quantitative estimate of drug-likeness (QED) is 0.423. The molecular formula is C15H24O4S2. The maximum atomic E-state index is 11.8. The zero-order valence-electron chi connectivity index (χ0n) is 12.9. The zero-order chi connectivity index (χ0) is 15.3. The van der Waals surface area contributed by atoms with Crippen molar-refractivity contribution in [1.29, 1.82) is 0 Å². The van der Waals surface area contributed by atoms with Gasteiger partial charge in [0.15, 0.2) is 0 Å². The van der Waals surface area contributed by atoms with Crippen LogP contribution in [0, 0.1) is 5.41 Å². The number of methoxy groups -OCH3 is 1. The van der Waals surface area contributed by atoms with Gasteiger partial charge in [0.25, 0.3) is 0 Å². The maximum absolute atomic E-state index is 11.8. The van der Waals surface area contributed by atoms with Crippen molar-refractivity contribution in [3.05, 3.63) is 11.6 Å². The van der Waals surface area contributed by atoms with Crippen molar-refractivity contribution >= 4 is 29.5 Å². The van der Waals surface area contributed by atoms with E-state index in [2.05, 4.69) is 13.8 Å². The minimum Gasteiger partial charge on any atom is -0.459 e. The van der Waals surface area contributed by atoms with Gasteiger partial charge in [-0.15, -0.1) is 23.5 Å². The number of cyclic esters (lactones) is 1. The van der Waals surface area contributed by atoms with E-state index in [0.717, 1.165) is 6.42 Å². The topological polar surface area (TPSA) is 44.8 Å². The lowest BCUT2D eigenvalue weighted by molar-refractivity contribution is -0.135. The minimum atomic E-state index is -0.292. The Bertz CT molecular complexity index is 389. The smallest absolute Gasteiger partial charge is 0.336 e. The molecule has 0 aromatic heterocycles. The Morgan fingerprint density at radius 3 is 2.76 bits per heavy atom. The largest absolute Gasteiger partial charge is 0.459 e. The van der Waals surface area contributed by atoms with E-state index in [-0.39, 0.29) is 24.3 Å². The Hall–Kier alpha value is -0.170. The van der Waals surface area contributed by atoms with E-state index in [1.54, 1.807) is 7.11 Å². The lowest BCUT2D eigenvalue weighted by Crippen LogP contribution is -2.27. The Balaban J connectivity index is 1.98. The van der Waals surface area contributed by atoms with E-state index in [1.165, 1.54) is 17.9 Å². The van der Waals surface area contributed by atoms with Gasteiger partial charge in [-0.1, -0.05) is 19.9 Å². The van der Waals surface area contributed by atoms with Crippen LogP contribution in [0.5, 0.6) is 0 Å². The number of carbonyl (C=O) groups is 1. The minimum absolute atomic E-state index is 0.150. The highest BCUT2D eigenvalue weighted by Crippen LogP contribution is 2.45. The molecule has 1 unspecified atom stereocenters. The van der Waals surface area contributed by atoms with Gasteiger partial charge in [0, 0.05) is 7.11 Å². The van der Waals surface area contributed by atoms with E-state index >= 15 is 0 Å². The lowest BCUT2D eigenvalue weighted by Gasteiger charge is -2.35. The van der Waals surface area contributed by atoms with Gasteiger partial charge in [-0.25, -0.2) is 4.79 Å². The summed E-state index contributed by atoms with van der Waals surface area (Å²) in [6, 6.07) is 0. The van der Waals surface area contributed by atoms with Crippen LogP contribution in [0.3, 0.4) is 0 Å². The first kappa shape index (κ1) is 17.2. The van der Waals surface area contributed by atoms with E-state index in [0.29, 0.717) is 16.8 Å². The summed E-state index contributed by atoms with van der Waals surface area (Å²) in [6.07, 6.45) is 3.86. The van der Waals surface area contributed by atoms with Crippen molar-refractivity contribution in [2.45, 2.75) is 37.4 Å². The number of carbonyl (C=O) groups excluding carboxylic acids is 1. The summed E-state index contributed by atoms with van der Waals surface area (Å²) < 4.78 is 16.1. The number of rotatable bonds is 6. The van der Waals surface area contributed by atoms with Crippen LogP contribution in [0.25, 0.3) is 0 Å². The van der Waals surface area contributed by atoms with Crippen LogP contribution in [0.4, 0.5) is 0 Å². The third-order valence-corrected chi connectivity index (χ3v) is 7.40. The number of hydrogen-bond acceptors (Lipinski definition) is 6. The van der Waals surface area contributed by atoms with Gasteiger partial charge in [0.1, 0.15) is 19.5 Å². The van der Waals surface area contributed by atoms with Gasteiger partial charge in [0.05, 0.1) is 10.2 Å². The second-order valence-electron chi connectivity index (χ2n) is 5.94. The summed E-state index contributed by atoms with van der Waals surface area (Å²) in [5, 5.41) is 0. The molecule has 120 valence electrons. The molecule has 2 saturated heterocycles. The van der Waals surface area contributed by atoms with E-state index in [4.69, 9.17) is 14.2 Å². The van der Waals surface area contributed by atoms with Gasteiger partial charge in [-0.2, -0.15) is 0 Å². The van der Waals surface area contributed by atoms with Crippen LogP contribution in [0.1, 0.15) is 26.7 Å². The molecule has 0 bridgehead atoms. The molecule has 6 heteroatoms. The first-order valence-electron chi connectivity index (χ1n) is 7.25. The Morgan fingerprint density at radius 2 is 2.10 bits per heavy atom. The third kappa shape index (κ3) is 4.65. The molecule has 4 nitrogen and oxygen atoms in total. The molecule has 2 heterocycles. The number of thioether (sulfide) groups is 2. The Labute approximate surface area is 135 Å². The number of hydrogen-bond donors (Lipinski definition) is 0. The summed E-state index contributed by atoms with van der Waals surface area (Å²) >= 11 is 4.07. The molecular weight excluding hydrogens is 308 g/mol. The predicted octanol–water partition coefficient (Wildman–Crippen LogP) is 3.07. The molecule has 2 rings (SSSR count). The number of esters is 1. The van der Waals surface area contributed by atoms with Crippen LogP contribution in [-0.2, 0) is 19.0 Å². The van der Waals surface area contributed by atoms with Crippen LogP contribution >= 0.6 is 23.5 Å². The molecule has 2 aliphatic heterocycles. The average molecular weight is 332 g/mol. The second-order valence-corrected chi connectivity index (χ2v) is 8.66. The molecule has 21 heavy (non-hydrogen) atoms. The van der Waals surface area contributed by atoms with Crippen LogP contribution in [-0.4, -0.2) is 48.7 Å². The van der Waals surface area contributed by atoms with E-state index in [9.17, 15) is 4.79 Å². The third-order valence-electron chi connectivity index (χ3n) is 3.65. The number of allylic oxidation sites excluding steroid dienone is 1. The molecule has 0 saturated carbocycles. The molecule has 2 aliphatic rings. The Morgan fingerprint density at radius 1 is 1.38 bits per heavy atom. The fourth-order valence-corrected chi connectivity index (χ4v) is 5.66. The summed E-state index contributed by atoms with van der Waals surface area (Å²) in [7, 11) is 1.57. The lowest BCUT2D eigenvalue weighted by atomic mass is 9.90. The molecule has 0 aromatic carbocycles. The molecule has 0 aromatic rings. The summed E-state index contributed by atoms with van der Waals surface area (Å²) in [5.74, 6) is 2.22. The van der Waals surface area contributed by atoms with E-state index in [1.807, 2.05) is 29.6 Å². The molecule has 0 spiro atoms. The van der Waals surface area contributed by atoms with Gasteiger partial charge < -0.3 is 14.2 Å². The fourth-order valence-electron chi connectivity index (χ4n) is 2.37. The van der Waals surface area contributed by atoms with Crippen LogP contribution in [0.2, 0.25) is 0 Å². The Kier molecular flexibility index (Phi) is 6.47. The normalized spacial score (nSPS) is 26.3. The van der Waals surface area contributed by atoms with Crippen molar-refractivity contribution in [2.75, 3.05) is 32.0 Å². The van der Waals surface area contributed by atoms with E-state index < -0.39 is 0 Å². The van der Waals surface area contributed by atoms with Gasteiger partial charge in [-0.05, 0) is 29.8 Å². The van der Waals surface area contributed by atoms with Crippen LogP contribution in [0.15, 0.2) is 11.6 Å². The van der Waals surface area contributed by atoms with Crippen LogP contribution < -0.4 is 0 Å². The molecule has 0 amide bonds. The van der Waals surface area contributed by atoms with Crippen molar-refractivity contribution in [1.82, 2.24) is 0 Å². The monoisotopic (exact) mass is 332 g/mol. The highest BCUT2D eigenvalue weighted by atomic mass is 32.2. The average Bonchev–Trinajstić information content (AvgIpc) is 2.84. The van der Waals surface area contributed by atoms with Gasteiger partial charge in [-0.3, -0.25) is 0 Å². The van der Waals surface area contributed by atoms with Crippen molar-refractivity contribution in [3.8, 4) is 0 Å². The standard InChI is InChI=1S/C15H24O4S2/c1-15(2,14-20-7-4-8-21-14)6-5-11-12(19-10-17-3)9-18-13(11)16/h5,12,14H,4,6-10H2,1-3H3/b11-5+. The first-order chi connectivity index (χ1) is 10.0. The fraction of sp³-hybridized carbons (Fsp3) is 0.800. The first-order valence-corrected chi connectivity index (χ1v) is 9.35. The highest BCUT2D eigenvalue weighted by Gasteiger charge is 2.35.